The van der Waals surface area contributed by atoms with Crippen molar-refractivity contribution in [3.63, 3.8) is 0 Å². The molecule has 0 spiro atoms. The number of nitrogens with zero attached hydrogens (tertiary/aromatic N) is 1. The molecule has 1 aliphatic heterocycles. The monoisotopic (exact) mass is 263 g/mol. The summed E-state index contributed by atoms with van der Waals surface area (Å²) in [5.41, 5.74) is 0.547. The van der Waals surface area contributed by atoms with Gasteiger partial charge in [0.1, 0.15) is 23.0 Å². The van der Waals surface area contributed by atoms with Gasteiger partial charge in [-0.2, -0.15) is 0 Å². The summed E-state index contributed by atoms with van der Waals surface area (Å²) >= 11 is 0. The molecule has 5 nitrogen and oxygen atoms in total. The van der Waals surface area contributed by atoms with Gasteiger partial charge in [-0.15, -0.1) is 0 Å². The van der Waals surface area contributed by atoms with Crippen molar-refractivity contribution in [2.45, 2.75) is 6.92 Å². The minimum absolute atomic E-state index is 0.0989. The third kappa shape index (κ3) is 3.09. The fourth-order valence-corrected chi connectivity index (χ4v) is 1.74. The molecule has 0 bridgehead atoms. The number of amides is 1. The number of halogens is 1. The smallest absolute Gasteiger partial charge is 0.262 e. The summed E-state index contributed by atoms with van der Waals surface area (Å²) in [5.74, 6) is -0.610. The Kier molecular flexibility index (Phi) is 3.79. The van der Waals surface area contributed by atoms with Gasteiger partial charge in [-0.1, -0.05) is 0 Å². The summed E-state index contributed by atoms with van der Waals surface area (Å²) in [7, 11) is 0. The summed E-state index contributed by atoms with van der Waals surface area (Å²) < 4.78 is 12.8. The van der Waals surface area contributed by atoms with Crippen molar-refractivity contribution in [1.29, 1.82) is 0 Å². The van der Waals surface area contributed by atoms with Crippen LogP contribution in [0, 0.1) is 5.82 Å². The number of allylic oxidation sites excluding steroid dienone is 1. The Hall–Kier alpha value is -2.37. The van der Waals surface area contributed by atoms with Gasteiger partial charge in [-0.3, -0.25) is 9.79 Å². The molecule has 3 N–H and O–H groups in total. The first-order chi connectivity index (χ1) is 9.08. The van der Waals surface area contributed by atoms with Crippen LogP contribution in [-0.2, 0) is 4.79 Å². The van der Waals surface area contributed by atoms with E-state index in [4.69, 9.17) is 0 Å². The molecule has 0 aliphatic carbocycles. The molecule has 0 unspecified atom stereocenters. The van der Waals surface area contributed by atoms with Gasteiger partial charge in [0.2, 0.25) is 0 Å². The number of aliphatic hydroxyl groups excluding tert-OH is 1. The molecule has 1 amide bonds. The number of amidine groups is 1. The molecule has 0 fully saturated rings. The Bertz CT molecular complexity index is 546. The highest BCUT2D eigenvalue weighted by molar-refractivity contribution is 6.25. The molecular weight excluding hydrogens is 249 g/mol. The van der Waals surface area contributed by atoms with Crippen LogP contribution in [0.25, 0.3) is 0 Å². The second-order valence-corrected chi connectivity index (χ2v) is 4.08. The molecule has 0 saturated carbocycles. The molecule has 19 heavy (non-hydrogen) atoms. The van der Waals surface area contributed by atoms with Gasteiger partial charge in [0, 0.05) is 12.2 Å². The molecule has 1 aromatic carbocycles. The van der Waals surface area contributed by atoms with E-state index in [1.54, 1.807) is 0 Å². The van der Waals surface area contributed by atoms with Crippen molar-refractivity contribution in [2.75, 3.05) is 18.4 Å². The molecule has 0 aromatic heterocycles. The van der Waals surface area contributed by atoms with E-state index in [9.17, 15) is 14.3 Å². The molecule has 0 atom stereocenters. The first-order valence-electron chi connectivity index (χ1n) is 5.83. The zero-order chi connectivity index (χ0) is 13.8. The van der Waals surface area contributed by atoms with Crippen LogP contribution in [0.4, 0.5) is 10.1 Å². The zero-order valence-corrected chi connectivity index (χ0v) is 10.4. The van der Waals surface area contributed by atoms with Crippen LogP contribution in [0.2, 0.25) is 0 Å². The zero-order valence-electron chi connectivity index (χ0n) is 10.4. The van der Waals surface area contributed by atoms with Crippen LogP contribution in [0.1, 0.15) is 6.92 Å². The predicted molar refractivity (Wildman–Crippen MR) is 70.7 cm³/mol. The molecule has 2 rings (SSSR count). The second kappa shape index (κ2) is 5.51. The molecule has 0 radical (unpaired) electrons. The van der Waals surface area contributed by atoms with E-state index in [0.717, 1.165) is 0 Å². The Balaban J connectivity index is 2.17. The molecule has 1 heterocycles. The van der Waals surface area contributed by atoms with Gasteiger partial charge in [0.25, 0.3) is 5.91 Å². The van der Waals surface area contributed by atoms with Crippen LogP contribution >= 0.6 is 0 Å². The highest BCUT2D eigenvalue weighted by Crippen LogP contribution is 2.12. The number of rotatable bonds is 3. The fraction of sp³-hybridized carbons (Fsp3) is 0.231. The third-order valence-corrected chi connectivity index (χ3v) is 2.60. The maximum Gasteiger partial charge on any atom is 0.262 e. The van der Waals surface area contributed by atoms with Crippen LogP contribution < -0.4 is 10.6 Å². The van der Waals surface area contributed by atoms with E-state index in [-0.39, 0.29) is 17.1 Å². The molecule has 6 heteroatoms. The topological polar surface area (TPSA) is 73.7 Å². The average molecular weight is 263 g/mol. The lowest BCUT2D eigenvalue weighted by Crippen LogP contribution is -2.29. The normalized spacial score (nSPS) is 15.4. The summed E-state index contributed by atoms with van der Waals surface area (Å²) in [6, 6.07) is 5.38. The number of hydrogen-bond donors (Lipinski definition) is 3. The van der Waals surface area contributed by atoms with E-state index in [1.807, 2.05) is 0 Å². The van der Waals surface area contributed by atoms with Crippen LogP contribution in [-0.4, -0.2) is 29.9 Å². The third-order valence-electron chi connectivity index (χ3n) is 2.60. The van der Waals surface area contributed by atoms with Gasteiger partial charge in [-0.25, -0.2) is 4.39 Å². The fourth-order valence-electron chi connectivity index (χ4n) is 1.74. The van der Waals surface area contributed by atoms with Gasteiger partial charge < -0.3 is 15.7 Å². The van der Waals surface area contributed by atoms with E-state index >= 15 is 0 Å². The van der Waals surface area contributed by atoms with Crippen LogP contribution in [0.5, 0.6) is 0 Å². The van der Waals surface area contributed by atoms with Crippen molar-refractivity contribution in [3.05, 3.63) is 41.4 Å². The van der Waals surface area contributed by atoms with Gasteiger partial charge in [-0.05, 0) is 31.2 Å². The lowest BCUT2D eigenvalue weighted by Gasteiger charge is -2.10. The summed E-state index contributed by atoms with van der Waals surface area (Å²) in [6.45, 7) is 2.62. The molecule has 100 valence electrons. The van der Waals surface area contributed by atoms with Crippen molar-refractivity contribution < 1.29 is 14.3 Å². The molecule has 1 aliphatic rings. The number of aliphatic imine (C=N–C) groups is 1. The molecule has 0 saturated heterocycles. The lowest BCUT2D eigenvalue weighted by atomic mass is 10.2. The highest BCUT2D eigenvalue weighted by atomic mass is 19.1. The number of aliphatic hydroxyl groups is 1. The number of carbonyl (C=O) groups excluding carboxylic acids is 1. The predicted octanol–water partition coefficient (Wildman–Crippen LogP) is 1.60. The number of carbonyl (C=O) groups is 1. The lowest BCUT2D eigenvalue weighted by molar-refractivity contribution is -0.112. The molecule has 1 aromatic rings. The van der Waals surface area contributed by atoms with E-state index in [1.165, 1.54) is 31.2 Å². The summed E-state index contributed by atoms with van der Waals surface area (Å²) in [5, 5.41) is 15.1. The van der Waals surface area contributed by atoms with Crippen molar-refractivity contribution in [1.82, 2.24) is 5.32 Å². The standard InChI is InChI=1S/C13H14FN3O2/c1-8(18)11(12-15-6-7-16-12)13(19)17-10-4-2-9(14)3-5-10/h2-5,18H,6-7H2,1H3,(H,15,16)(H,17,19)/b11-8-. The van der Waals surface area contributed by atoms with Gasteiger partial charge in [0.05, 0.1) is 6.54 Å². The van der Waals surface area contributed by atoms with E-state index < -0.39 is 5.91 Å². The SMILES string of the molecule is C/C(O)=C(/C(=O)Nc1ccc(F)cc1)C1=NCCN1. The summed E-state index contributed by atoms with van der Waals surface area (Å²) in [4.78, 5) is 16.2. The number of benzene rings is 1. The van der Waals surface area contributed by atoms with Crippen LogP contribution in [0.15, 0.2) is 40.6 Å². The second-order valence-electron chi connectivity index (χ2n) is 4.08. The van der Waals surface area contributed by atoms with Crippen molar-refractivity contribution in [3.8, 4) is 0 Å². The summed E-state index contributed by atoms with van der Waals surface area (Å²) in [6.07, 6.45) is 0. The van der Waals surface area contributed by atoms with Gasteiger partial charge in [0.15, 0.2) is 0 Å². The molecular formula is C13H14FN3O2. The highest BCUT2D eigenvalue weighted by Gasteiger charge is 2.21. The van der Waals surface area contributed by atoms with Crippen LogP contribution in [0.3, 0.4) is 0 Å². The average Bonchev–Trinajstić information content (AvgIpc) is 2.85. The Morgan fingerprint density at radius 3 is 2.63 bits per heavy atom. The first kappa shape index (κ1) is 13.1. The minimum Gasteiger partial charge on any atom is -0.512 e. The number of hydrogen-bond acceptors (Lipinski definition) is 4. The van der Waals surface area contributed by atoms with Gasteiger partial charge >= 0.3 is 0 Å². The Morgan fingerprint density at radius 1 is 1.42 bits per heavy atom. The van der Waals surface area contributed by atoms with Crippen molar-refractivity contribution in [2.24, 2.45) is 4.99 Å². The minimum atomic E-state index is -0.486. The number of nitrogens with one attached hydrogen (secondary N) is 2. The van der Waals surface area contributed by atoms with E-state index in [0.29, 0.717) is 24.6 Å². The Labute approximate surface area is 109 Å². The quantitative estimate of drug-likeness (QED) is 0.573. The maximum absolute atomic E-state index is 12.8. The largest absolute Gasteiger partial charge is 0.512 e. The number of anilines is 1. The maximum atomic E-state index is 12.8. The first-order valence-corrected chi connectivity index (χ1v) is 5.83. The Morgan fingerprint density at radius 2 is 2.11 bits per heavy atom. The van der Waals surface area contributed by atoms with Crippen molar-refractivity contribution >= 4 is 17.4 Å². The van der Waals surface area contributed by atoms with E-state index in [2.05, 4.69) is 15.6 Å².